The van der Waals surface area contributed by atoms with E-state index in [0.717, 1.165) is 56.3 Å². The molecule has 0 saturated heterocycles. The first kappa shape index (κ1) is 32.7. The van der Waals surface area contributed by atoms with Crippen LogP contribution in [0.4, 0.5) is 0 Å². The number of imide groups is 1. The number of amides is 2. The average Bonchev–Trinajstić information content (AvgIpc) is 2.84. The van der Waals surface area contributed by atoms with E-state index in [1.807, 2.05) is 0 Å². The Balaban J connectivity index is 5.21. The van der Waals surface area contributed by atoms with Crippen molar-refractivity contribution in [2.45, 2.75) is 103 Å². The highest BCUT2D eigenvalue weighted by Crippen LogP contribution is 2.26. The maximum Gasteiger partial charge on any atom is 0.329 e. The van der Waals surface area contributed by atoms with Gasteiger partial charge in [-0.15, -0.1) is 0 Å². The molecule has 0 aromatic rings. The average molecular weight is 521 g/mol. The molecule has 10 heteroatoms. The fourth-order valence-corrected chi connectivity index (χ4v) is 5.62. The summed E-state index contributed by atoms with van der Waals surface area (Å²) in [5.74, 6) is -1.36. The van der Waals surface area contributed by atoms with E-state index in [9.17, 15) is 19.2 Å². The molecule has 0 rings (SSSR count). The van der Waals surface area contributed by atoms with Crippen LogP contribution in [-0.4, -0.2) is 66.5 Å². The Morgan fingerprint density at radius 3 is 1.59 bits per heavy atom. The minimum atomic E-state index is -1.01. The first-order chi connectivity index (χ1) is 16.3. The Hall–Kier alpha value is -1.26. The number of carbonyl (C=O) groups is 4. The third-order valence-electron chi connectivity index (χ3n) is 5.37. The molecule has 0 saturated carbocycles. The second-order valence-corrected chi connectivity index (χ2v) is 10.8. The number of ether oxygens (including phenoxy) is 2. The summed E-state index contributed by atoms with van der Waals surface area (Å²) < 4.78 is 9.55. The molecule has 2 atom stereocenters. The van der Waals surface area contributed by atoms with Gasteiger partial charge >= 0.3 is 11.9 Å². The van der Waals surface area contributed by atoms with Crippen molar-refractivity contribution in [3.8, 4) is 0 Å². The van der Waals surface area contributed by atoms with Crippen LogP contribution in [0.5, 0.6) is 0 Å². The van der Waals surface area contributed by atoms with Crippen molar-refractivity contribution in [3.05, 3.63) is 0 Å². The molecular weight excluding hydrogens is 476 g/mol. The highest BCUT2D eigenvalue weighted by Gasteiger charge is 2.35. The van der Waals surface area contributed by atoms with Crippen molar-refractivity contribution in [3.63, 3.8) is 0 Å². The smallest absolute Gasteiger partial charge is 0.329 e. The quantitative estimate of drug-likeness (QED) is 0.141. The lowest BCUT2D eigenvalue weighted by Gasteiger charge is -2.28. The first-order valence-corrected chi connectivity index (χ1v) is 14.8. The molecule has 8 nitrogen and oxygen atoms in total. The van der Waals surface area contributed by atoms with Gasteiger partial charge in [0.05, 0.1) is 14.2 Å². The molecule has 198 valence electrons. The van der Waals surface area contributed by atoms with Crippen molar-refractivity contribution in [1.82, 2.24) is 4.90 Å². The Kier molecular flexibility index (Phi) is 20.3. The monoisotopic (exact) mass is 520 g/mol. The van der Waals surface area contributed by atoms with Crippen molar-refractivity contribution < 1.29 is 28.7 Å². The van der Waals surface area contributed by atoms with Crippen molar-refractivity contribution >= 4 is 45.3 Å². The summed E-state index contributed by atoms with van der Waals surface area (Å²) in [4.78, 5) is 51.3. The van der Waals surface area contributed by atoms with Gasteiger partial charge in [-0.25, -0.2) is 4.79 Å². The molecular formula is C24H44N2O6S2. The lowest BCUT2D eigenvalue weighted by molar-refractivity contribution is -0.158. The Bertz CT molecular complexity index is 580. The molecule has 0 heterocycles. The number of hydrogen-bond donors (Lipinski definition) is 1. The van der Waals surface area contributed by atoms with Crippen molar-refractivity contribution in [2.24, 2.45) is 5.73 Å². The van der Waals surface area contributed by atoms with Gasteiger partial charge in [0.25, 0.3) is 0 Å². The van der Waals surface area contributed by atoms with E-state index < -0.39 is 24.0 Å². The second-order valence-electron chi connectivity index (χ2n) is 8.22. The van der Waals surface area contributed by atoms with Gasteiger partial charge < -0.3 is 15.2 Å². The molecule has 2 N–H and O–H groups in total. The molecule has 0 aliphatic carbocycles. The van der Waals surface area contributed by atoms with Gasteiger partial charge in [0.15, 0.2) is 0 Å². The maximum absolute atomic E-state index is 13.1. The highest BCUT2D eigenvalue weighted by atomic mass is 33.1. The number of hydrogen-bond acceptors (Lipinski definition) is 9. The molecule has 0 aromatic carbocycles. The van der Waals surface area contributed by atoms with Crippen LogP contribution in [0.2, 0.25) is 0 Å². The van der Waals surface area contributed by atoms with Crippen LogP contribution in [0, 0.1) is 0 Å². The van der Waals surface area contributed by atoms with E-state index >= 15 is 0 Å². The van der Waals surface area contributed by atoms with E-state index in [0.29, 0.717) is 12.8 Å². The third kappa shape index (κ3) is 14.2. The summed E-state index contributed by atoms with van der Waals surface area (Å²) in [6, 6.07) is -1.80. The summed E-state index contributed by atoms with van der Waals surface area (Å²) in [6.45, 7) is 4.25. The molecule has 0 radical (unpaired) electrons. The normalized spacial score (nSPS) is 12.6. The standard InChI is InChI=1S/C24H44N2O6S2/c1-5-7-9-11-13-15-21(27)26(22(28)16-14-12-10-8-6-2)20(24(30)32-4)18-34-33-17-19(25)23(29)31-3/h19-20H,5-18,25H2,1-4H3/t19-,20-/m0/s1. The second kappa shape index (κ2) is 21.1. The number of carbonyl (C=O) groups excluding carboxylic acids is 4. The Labute approximate surface area is 213 Å². The zero-order chi connectivity index (χ0) is 25.8. The van der Waals surface area contributed by atoms with Crippen LogP contribution >= 0.6 is 21.6 Å². The molecule has 0 aliphatic rings. The SMILES string of the molecule is CCCCCCCC(=O)N(C(=O)CCCCCCC)[C@@H](CSSC[C@H](N)C(=O)OC)C(=O)OC. The molecule has 0 spiro atoms. The molecule has 0 aliphatic heterocycles. The zero-order valence-electron chi connectivity index (χ0n) is 21.3. The topological polar surface area (TPSA) is 116 Å². The summed E-state index contributed by atoms with van der Waals surface area (Å²) in [7, 11) is 5.09. The molecule has 0 aromatic heterocycles. The van der Waals surface area contributed by atoms with E-state index in [2.05, 4.69) is 18.6 Å². The molecule has 0 unspecified atom stereocenters. The Morgan fingerprint density at radius 2 is 1.15 bits per heavy atom. The molecule has 2 amide bonds. The van der Waals surface area contributed by atoms with Gasteiger partial charge in [-0.2, -0.15) is 0 Å². The number of methoxy groups -OCH3 is 2. The summed E-state index contributed by atoms with van der Waals surface area (Å²) >= 11 is 0. The number of rotatable bonds is 20. The van der Waals surface area contributed by atoms with E-state index in [-0.39, 0.29) is 36.2 Å². The van der Waals surface area contributed by atoms with Crippen LogP contribution in [0.3, 0.4) is 0 Å². The van der Waals surface area contributed by atoms with E-state index in [1.54, 1.807) is 0 Å². The minimum Gasteiger partial charge on any atom is -0.468 e. The number of nitrogens with two attached hydrogens (primary N) is 1. The van der Waals surface area contributed by atoms with Crippen LogP contribution in [0.1, 0.15) is 90.9 Å². The molecule has 34 heavy (non-hydrogen) atoms. The maximum atomic E-state index is 13.1. The van der Waals surface area contributed by atoms with Gasteiger partial charge in [-0.1, -0.05) is 86.8 Å². The minimum absolute atomic E-state index is 0.161. The number of unbranched alkanes of at least 4 members (excludes halogenated alkanes) is 8. The first-order valence-electron chi connectivity index (χ1n) is 12.3. The Morgan fingerprint density at radius 1 is 0.706 bits per heavy atom. The predicted octanol–water partition coefficient (Wildman–Crippen LogP) is 4.49. The molecule has 0 fully saturated rings. The summed E-state index contributed by atoms with van der Waals surface area (Å²) in [5.41, 5.74) is 5.75. The highest BCUT2D eigenvalue weighted by molar-refractivity contribution is 8.76. The summed E-state index contributed by atoms with van der Waals surface area (Å²) in [6.07, 6.45) is 10.2. The predicted molar refractivity (Wildman–Crippen MR) is 139 cm³/mol. The number of esters is 2. The fourth-order valence-electron chi connectivity index (χ4n) is 3.32. The van der Waals surface area contributed by atoms with E-state index in [4.69, 9.17) is 10.5 Å². The van der Waals surface area contributed by atoms with Gasteiger partial charge in [-0.05, 0) is 12.8 Å². The van der Waals surface area contributed by atoms with Crippen molar-refractivity contribution in [2.75, 3.05) is 25.7 Å². The van der Waals surface area contributed by atoms with Crippen LogP contribution in [-0.2, 0) is 28.7 Å². The fraction of sp³-hybridized carbons (Fsp3) is 0.833. The zero-order valence-corrected chi connectivity index (χ0v) is 23.0. The van der Waals surface area contributed by atoms with Crippen LogP contribution < -0.4 is 5.73 Å². The summed E-state index contributed by atoms with van der Waals surface area (Å²) in [5, 5.41) is 0. The van der Waals surface area contributed by atoms with Gasteiger partial charge in [-0.3, -0.25) is 19.3 Å². The number of nitrogens with zero attached hydrogens (tertiary/aromatic N) is 1. The molecule has 0 bridgehead atoms. The lowest BCUT2D eigenvalue weighted by Crippen LogP contribution is -2.50. The lowest BCUT2D eigenvalue weighted by atomic mass is 10.1. The van der Waals surface area contributed by atoms with Gasteiger partial charge in [0.1, 0.15) is 12.1 Å². The van der Waals surface area contributed by atoms with Crippen LogP contribution in [0.15, 0.2) is 0 Å². The third-order valence-corrected chi connectivity index (χ3v) is 7.80. The van der Waals surface area contributed by atoms with Crippen LogP contribution in [0.25, 0.3) is 0 Å². The van der Waals surface area contributed by atoms with Crippen molar-refractivity contribution in [1.29, 1.82) is 0 Å². The van der Waals surface area contributed by atoms with E-state index in [1.165, 1.54) is 35.8 Å². The van der Waals surface area contributed by atoms with Gasteiger partial charge in [0, 0.05) is 24.3 Å². The van der Waals surface area contributed by atoms with Gasteiger partial charge in [0.2, 0.25) is 11.8 Å². The largest absolute Gasteiger partial charge is 0.468 e.